The normalized spacial score (nSPS) is 15.8. The van der Waals surface area contributed by atoms with Crippen molar-refractivity contribution in [2.75, 3.05) is 25.4 Å². The van der Waals surface area contributed by atoms with Crippen molar-refractivity contribution in [3.63, 3.8) is 0 Å². The van der Waals surface area contributed by atoms with Crippen LogP contribution in [-0.2, 0) is 9.59 Å². The maximum atomic E-state index is 13.4. The van der Waals surface area contributed by atoms with E-state index in [1.54, 1.807) is 64.2 Å². The topological polar surface area (TPSA) is 146 Å². The Kier molecular flexibility index (Phi) is 12.9. The molecule has 12 heteroatoms. The summed E-state index contributed by atoms with van der Waals surface area (Å²) in [5.74, 6) is -0.766. The van der Waals surface area contributed by atoms with Gasteiger partial charge in [-0.1, -0.05) is 72.7 Å². The van der Waals surface area contributed by atoms with E-state index in [4.69, 9.17) is 5.73 Å². The van der Waals surface area contributed by atoms with Gasteiger partial charge in [-0.05, 0) is 55.6 Å². The third kappa shape index (κ3) is 10.5. The van der Waals surface area contributed by atoms with Crippen LogP contribution in [0.2, 0.25) is 0 Å². The zero-order chi connectivity index (χ0) is 30.5. The first-order chi connectivity index (χ1) is 20.1. The molecule has 0 bridgehead atoms. The van der Waals surface area contributed by atoms with Crippen LogP contribution >= 0.6 is 21.6 Å². The van der Waals surface area contributed by atoms with Crippen molar-refractivity contribution in [1.29, 1.82) is 0 Å². The molecule has 1 fully saturated rings. The van der Waals surface area contributed by atoms with Crippen LogP contribution in [0.15, 0.2) is 59.7 Å². The maximum Gasteiger partial charge on any atom is 0.271 e. The summed E-state index contributed by atoms with van der Waals surface area (Å²) in [5.41, 5.74) is 9.66. The van der Waals surface area contributed by atoms with E-state index in [9.17, 15) is 19.2 Å². The summed E-state index contributed by atoms with van der Waals surface area (Å²) >= 11 is 0. The Morgan fingerprint density at radius 2 is 1.79 bits per heavy atom. The number of hydrogen-bond donors (Lipinski definition) is 4. The van der Waals surface area contributed by atoms with Crippen molar-refractivity contribution in [2.24, 2.45) is 10.8 Å². The fraction of sp³-hybridized carbons (Fsp3) is 0.433. The molecule has 226 valence electrons. The Morgan fingerprint density at radius 1 is 1.07 bits per heavy atom. The molecule has 0 aliphatic carbocycles. The largest absolute Gasteiger partial charge is 0.354 e. The lowest BCUT2D eigenvalue weighted by Crippen LogP contribution is -2.54. The Balaban J connectivity index is 1.60. The van der Waals surface area contributed by atoms with E-state index in [0.29, 0.717) is 61.3 Å². The molecule has 42 heavy (non-hydrogen) atoms. The van der Waals surface area contributed by atoms with Crippen molar-refractivity contribution in [3.8, 4) is 0 Å². The minimum Gasteiger partial charge on any atom is -0.354 e. The number of carbonyl (C=O) groups excluding carboxylic acids is 4. The summed E-state index contributed by atoms with van der Waals surface area (Å²) < 4.78 is 0.00141. The van der Waals surface area contributed by atoms with Crippen molar-refractivity contribution >= 4 is 51.4 Å². The number of amides is 4. The van der Waals surface area contributed by atoms with Gasteiger partial charge in [0.2, 0.25) is 11.8 Å². The average molecular weight is 613 g/mol. The van der Waals surface area contributed by atoms with Crippen LogP contribution in [0.5, 0.6) is 0 Å². The molecule has 2 aromatic carbocycles. The van der Waals surface area contributed by atoms with Crippen LogP contribution in [0, 0.1) is 0 Å². The first-order valence-electron chi connectivity index (χ1n) is 14.0. The Hall–Kier alpha value is -3.35. The smallest absolute Gasteiger partial charge is 0.271 e. The third-order valence-corrected chi connectivity index (χ3v) is 9.60. The van der Waals surface area contributed by atoms with E-state index < -0.39 is 12.1 Å². The lowest BCUT2D eigenvalue weighted by Gasteiger charge is -2.27. The van der Waals surface area contributed by atoms with Gasteiger partial charge in [-0.3, -0.25) is 19.2 Å². The molecular weight excluding hydrogens is 573 g/mol. The number of nitrogens with two attached hydrogens (primary N) is 1. The SMILES string of the molecule is CC(C)(C)SSC[C@H](NC(=O)[C@@H]1CCCN1C(=O)c1ccc(/C=N/NC(=O)c2ccccc2)cc1)C(=O)NCCCN. The highest BCUT2D eigenvalue weighted by Crippen LogP contribution is 2.35. The number of hydrazone groups is 1. The van der Waals surface area contributed by atoms with Crippen molar-refractivity contribution in [3.05, 3.63) is 71.3 Å². The van der Waals surface area contributed by atoms with Crippen LogP contribution in [-0.4, -0.2) is 77.0 Å². The number of carbonyl (C=O) groups is 4. The Labute approximate surface area is 255 Å². The third-order valence-electron chi connectivity index (χ3n) is 6.25. The summed E-state index contributed by atoms with van der Waals surface area (Å²) in [4.78, 5) is 53.3. The van der Waals surface area contributed by atoms with E-state index in [2.05, 4.69) is 41.9 Å². The van der Waals surface area contributed by atoms with Gasteiger partial charge >= 0.3 is 0 Å². The van der Waals surface area contributed by atoms with E-state index >= 15 is 0 Å². The predicted molar refractivity (Wildman–Crippen MR) is 170 cm³/mol. The molecule has 0 radical (unpaired) electrons. The monoisotopic (exact) mass is 612 g/mol. The number of nitrogens with zero attached hydrogens (tertiary/aromatic N) is 2. The van der Waals surface area contributed by atoms with Gasteiger partial charge in [-0.15, -0.1) is 0 Å². The molecule has 3 rings (SSSR count). The molecule has 0 spiro atoms. The van der Waals surface area contributed by atoms with Crippen molar-refractivity contribution in [2.45, 2.75) is 56.9 Å². The molecule has 0 unspecified atom stereocenters. The molecule has 0 aromatic heterocycles. The highest BCUT2D eigenvalue weighted by molar-refractivity contribution is 8.77. The van der Waals surface area contributed by atoms with E-state index in [1.807, 2.05) is 6.07 Å². The molecule has 4 amide bonds. The highest BCUT2D eigenvalue weighted by Gasteiger charge is 2.36. The lowest BCUT2D eigenvalue weighted by atomic mass is 10.1. The summed E-state index contributed by atoms with van der Waals surface area (Å²) in [6.45, 7) is 7.62. The quantitative estimate of drug-likeness (QED) is 0.118. The number of likely N-dealkylation sites (tertiary alicyclic amines) is 1. The Morgan fingerprint density at radius 3 is 2.45 bits per heavy atom. The average Bonchev–Trinajstić information content (AvgIpc) is 3.47. The molecule has 2 atom stereocenters. The highest BCUT2D eigenvalue weighted by atomic mass is 33.1. The molecule has 1 aliphatic rings. The lowest BCUT2D eigenvalue weighted by molar-refractivity contribution is -0.130. The molecule has 1 aliphatic heterocycles. The summed E-state index contributed by atoms with van der Waals surface area (Å²) in [7, 11) is 3.18. The van der Waals surface area contributed by atoms with E-state index in [1.165, 1.54) is 17.0 Å². The molecule has 1 heterocycles. The van der Waals surface area contributed by atoms with Crippen molar-refractivity contribution in [1.82, 2.24) is 21.0 Å². The molecule has 0 saturated carbocycles. The molecule has 10 nitrogen and oxygen atoms in total. The number of rotatable bonds is 13. The van der Waals surface area contributed by atoms with Crippen LogP contribution in [0.4, 0.5) is 0 Å². The molecule has 2 aromatic rings. The van der Waals surface area contributed by atoms with Gasteiger partial charge in [0.05, 0.1) is 6.21 Å². The van der Waals surface area contributed by atoms with Gasteiger partial charge < -0.3 is 21.3 Å². The fourth-order valence-electron chi connectivity index (χ4n) is 4.15. The maximum absolute atomic E-state index is 13.4. The number of nitrogens with one attached hydrogen (secondary N) is 3. The van der Waals surface area contributed by atoms with E-state index in [0.717, 1.165) is 0 Å². The zero-order valence-corrected chi connectivity index (χ0v) is 25.9. The summed E-state index contributed by atoms with van der Waals surface area (Å²) in [6.07, 6.45) is 3.36. The second kappa shape index (κ2) is 16.3. The standard InChI is InChI=1S/C30H40N6O4S2/c1-30(2,3)42-41-20-24(27(38)32-17-8-16-31)34-28(39)25-11-7-18-36(25)29(40)23-14-12-21(13-15-23)19-33-35-26(37)22-9-5-4-6-10-22/h4-6,9-10,12-15,19,24-25H,7-8,11,16-18,20,31H2,1-3H3,(H,32,38)(H,34,39)(H,35,37)/b33-19+/t24-,25-/m0/s1. The van der Waals surface area contributed by atoms with Gasteiger partial charge in [0, 0.05) is 34.7 Å². The minimum atomic E-state index is -0.728. The van der Waals surface area contributed by atoms with Crippen molar-refractivity contribution < 1.29 is 19.2 Å². The summed E-state index contributed by atoms with van der Waals surface area (Å²) in [5, 5.41) is 9.74. The van der Waals surface area contributed by atoms with Crippen LogP contribution in [0.1, 0.15) is 66.3 Å². The van der Waals surface area contributed by atoms with Gasteiger partial charge in [-0.25, -0.2) is 5.43 Å². The first kappa shape index (κ1) is 33.2. The second-order valence-corrected chi connectivity index (χ2v) is 14.0. The Bertz CT molecular complexity index is 1230. The van der Waals surface area contributed by atoms with Crippen LogP contribution in [0.25, 0.3) is 0 Å². The fourth-order valence-corrected chi connectivity index (χ4v) is 6.61. The van der Waals surface area contributed by atoms with E-state index in [-0.39, 0.29) is 28.4 Å². The molecular formula is C30H40N6O4S2. The summed E-state index contributed by atoms with van der Waals surface area (Å²) in [6, 6.07) is 14.2. The van der Waals surface area contributed by atoms with Crippen LogP contribution < -0.4 is 21.8 Å². The second-order valence-electron chi connectivity index (χ2n) is 10.8. The first-order valence-corrected chi connectivity index (χ1v) is 16.3. The zero-order valence-electron chi connectivity index (χ0n) is 24.3. The molecule has 5 N–H and O–H groups in total. The number of hydrogen-bond acceptors (Lipinski definition) is 8. The van der Waals surface area contributed by atoms with Gasteiger partial charge in [-0.2, -0.15) is 5.10 Å². The van der Waals surface area contributed by atoms with Gasteiger partial charge in [0.1, 0.15) is 12.1 Å². The van der Waals surface area contributed by atoms with Crippen LogP contribution in [0.3, 0.4) is 0 Å². The number of benzene rings is 2. The minimum absolute atomic E-state index is 0.00141. The molecule has 1 saturated heterocycles. The van der Waals surface area contributed by atoms with Gasteiger partial charge in [0.15, 0.2) is 0 Å². The van der Waals surface area contributed by atoms with Gasteiger partial charge in [0.25, 0.3) is 11.8 Å². The predicted octanol–water partition coefficient (Wildman–Crippen LogP) is 3.18.